The third-order valence-corrected chi connectivity index (χ3v) is 1.95. The molecule has 0 aliphatic heterocycles. The minimum atomic E-state index is -0.731. The highest BCUT2D eigenvalue weighted by molar-refractivity contribution is 5.66. The lowest BCUT2D eigenvalue weighted by molar-refractivity contribution is -0.137. The van der Waals surface area contributed by atoms with E-state index in [9.17, 15) is 4.79 Å². The Hall–Kier alpha value is -1.75. The van der Waals surface area contributed by atoms with Crippen molar-refractivity contribution in [1.82, 2.24) is 0 Å². The summed E-state index contributed by atoms with van der Waals surface area (Å²) in [5.41, 5.74) is 1.01. The van der Waals surface area contributed by atoms with Gasteiger partial charge in [0.1, 0.15) is 0 Å². The molecule has 0 bridgehead atoms. The van der Waals surface area contributed by atoms with E-state index in [0.717, 1.165) is 18.4 Å². The Kier molecular flexibility index (Phi) is 5.03. The van der Waals surface area contributed by atoms with Crippen molar-refractivity contribution in [2.24, 2.45) is 0 Å². The molecular weight excluding hydrogens is 188 g/mol. The van der Waals surface area contributed by atoms with Crippen LogP contribution in [0.2, 0.25) is 0 Å². The quantitative estimate of drug-likeness (QED) is 0.602. The second-order valence-electron chi connectivity index (χ2n) is 3.27. The molecule has 0 heterocycles. The Bertz CT molecular complexity index is 357. The van der Waals surface area contributed by atoms with Crippen LogP contribution in [0.15, 0.2) is 30.3 Å². The molecule has 0 unspecified atom stereocenters. The molecule has 0 amide bonds. The fourth-order valence-electron chi connectivity index (χ4n) is 1.18. The molecule has 1 aromatic carbocycles. The van der Waals surface area contributed by atoms with Crippen LogP contribution in [0, 0.1) is 11.8 Å². The Balaban J connectivity index is 2.20. The average molecular weight is 202 g/mol. The maximum absolute atomic E-state index is 10.2. The van der Waals surface area contributed by atoms with Gasteiger partial charge in [0.05, 0.1) is 0 Å². The van der Waals surface area contributed by atoms with Gasteiger partial charge in [0.25, 0.3) is 0 Å². The van der Waals surface area contributed by atoms with Crippen LogP contribution in [0.4, 0.5) is 0 Å². The van der Waals surface area contributed by atoms with Gasteiger partial charge in [-0.05, 0) is 25.0 Å². The molecule has 2 nitrogen and oxygen atoms in total. The molecule has 1 aromatic rings. The summed E-state index contributed by atoms with van der Waals surface area (Å²) in [5.74, 6) is 5.34. The van der Waals surface area contributed by atoms with E-state index >= 15 is 0 Å². The third kappa shape index (κ3) is 5.53. The maximum Gasteiger partial charge on any atom is 0.303 e. The van der Waals surface area contributed by atoms with E-state index in [1.807, 2.05) is 30.3 Å². The molecule has 0 saturated heterocycles. The van der Waals surface area contributed by atoms with Crippen LogP contribution in [-0.4, -0.2) is 11.1 Å². The van der Waals surface area contributed by atoms with Crippen molar-refractivity contribution in [2.45, 2.75) is 25.7 Å². The summed E-state index contributed by atoms with van der Waals surface area (Å²) in [6, 6.07) is 9.79. The van der Waals surface area contributed by atoms with Crippen LogP contribution in [0.3, 0.4) is 0 Å². The summed E-state index contributed by atoms with van der Waals surface area (Å²) in [7, 11) is 0. The number of aliphatic carboxylic acids is 1. The number of unbranched alkanes of at least 4 members (excludes halogenated alkanes) is 2. The van der Waals surface area contributed by atoms with Gasteiger partial charge in [-0.3, -0.25) is 4.79 Å². The van der Waals surface area contributed by atoms with Crippen molar-refractivity contribution in [3.63, 3.8) is 0 Å². The SMILES string of the molecule is O=C(O)CCCCC#Cc1ccccc1. The van der Waals surface area contributed by atoms with E-state index in [2.05, 4.69) is 11.8 Å². The van der Waals surface area contributed by atoms with Gasteiger partial charge >= 0.3 is 5.97 Å². The number of hydrogen-bond donors (Lipinski definition) is 1. The zero-order valence-electron chi connectivity index (χ0n) is 8.57. The topological polar surface area (TPSA) is 37.3 Å². The van der Waals surface area contributed by atoms with Gasteiger partial charge in [0, 0.05) is 18.4 Å². The highest BCUT2D eigenvalue weighted by atomic mass is 16.4. The van der Waals surface area contributed by atoms with Crippen molar-refractivity contribution < 1.29 is 9.90 Å². The summed E-state index contributed by atoms with van der Waals surface area (Å²) >= 11 is 0. The molecule has 78 valence electrons. The zero-order valence-corrected chi connectivity index (χ0v) is 8.57. The van der Waals surface area contributed by atoms with Gasteiger partial charge in [-0.15, -0.1) is 0 Å². The molecule has 15 heavy (non-hydrogen) atoms. The molecule has 0 aliphatic carbocycles. The lowest BCUT2D eigenvalue weighted by atomic mass is 10.2. The van der Waals surface area contributed by atoms with E-state index in [0.29, 0.717) is 6.42 Å². The van der Waals surface area contributed by atoms with Crippen LogP contribution < -0.4 is 0 Å². The van der Waals surface area contributed by atoms with Gasteiger partial charge in [0.15, 0.2) is 0 Å². The van der Waals surface area contributed by atoms with Crippen LogP contribution in [0.1, 0.15) is 31.2 Å². The van der Waals surface area contributed by atoms with Crippen LogP contribution in [-0.2, 0) is 4.79 Å². The van der Waals surface area contributed by atoms with E-state index in [1.54, 1.807) is 0 Å². The minimum absolute atomic E-state index is 0.243. The van der Waals surface area contributed by atoms with Gasteiger partial charge in [-0.1, -0.05) is 30.0 Å². The summed E-state index contributed by atoms with van der Waals surface area (Å²) in [4.78, 5) is 10.2. The number of hydrogen-bond acceptors (Lipinski definition) is 1. The normalized spacial score (nSPS) is 9.07. The smallest absolute Gasteiger partial charge is 0.303 e. The molecule has 1 N–H and O–H groups in total. The Morgan fingerprint density at radius 3 is 2.60 bits per heavy atom. The third-order valence-electron chi connectivity index (χ3n) is 1.95. The largest absolute Gasteiger partial charge is 0.481 e. The summed E-state index contributed by atoms with van der Waals surface area (Å²) < 4.78 is 0. The number of carboxylic acids is 1. The first-order valence-corrected chi connectivity index (χ1v) is 5.05. The lowest BCUT2D eigenvalue weighted by Gasteiger charge is -1.91. The van der Waals surface area contributed by atoms with Gasteiger partial charge in [-0.25, -0.2) is 0 Å². The van der Waals surface area contributed by atoms with Gasteiger partial charge in [-0.2, -0.15) is 0 Å². The molecule has 2 heteroatoms. The number of carbonyl (C=O) groups is 1. The highest BCUT2D eigenvalue weighted by Crippen LogP contribution is 1.99. The van der Waals surface area contributed by atoms with E-state index in [1.165, 1.54) is 0 Å². The summed E-state index contributed by atoms with van der Waals surface area (Å²) in [6.45, 7) is 0. The Labute approximate surface area is 89.9 Å². The molecule has 0 atom stereocenters. The number of carboxylic acid groups (broad SMARTS) is 1. The van der Waals surface area contributed by atoms with Crippen LogP contribution >= 0.6 is 0 Å². The molecule has 0 radical (unpaired) electrons. The van der Waals surface area contributed by atoms with Gasteiger partial charge in [0.2, 0.25) is 0 Å². The lowest BCUT2D eigenvalue weighted by Crippen LogP contribution is -1.92. The average Bonchev–Trinajstić information content (AvgIpc) is 2.24. The second-order valence-corrected chi connectivity index (χ2v) is 3.27. The standard InChI is InChI=1S/C13H14O2/c14-13(15)11-7-2-1-4-8-12-9-5-3-6-10-12/h3,5-6,9-10H,1-2,7,11H2,(H,14,15). The predicted molar refractivity (Wildman–Crippen MR) is 59.4 cm³/mol. The molecule has 0 fully saturated rings. The first-order valence-electron chi connectivity index (χ1n) is 5.05. The van der Waals surface area contributed by atoms with Crippen LogP contribution in [0.5, 0.6) is 0 Å². The van der Waals surface area contributed by atoms with Crippen molar-refractivity contribution in [3.8, 4) is 11.8 Å². The van der Waals surface area contributed by atoms with Crippen molar-refractivity contribution in [2.75, 3.05) is 0 Å². The molecule has 0 aliphatic rings. The first kappa shape index (κ1) is 11.3. The fourth-order valence-corrected chi connectivity index (χ4v) is 1.18. The molecular formula is C13H14O2. The monoisotopic (exact) mass is 202 g/mol. The fraction of sp³-hybridized carbons (Fsp3) is 0.308. The Morgan fingerprint density at radius 2 is 1.93 bits per heavy atom. The summed E-state index contributed by atoms with van der Waals surface area (Å²) in [5, 5.41) is 8.41. The second kappa shape index (κ2) is 6.67. The van der Waals surface area contributed by atoms with Crippen molar-refractivity contribution >= 4 is 5.97 Å². The van der Waals surface area contributed by atoms with Gasteiger partial charge < -0.3 is 5.11 Å². The van der Waals surface area contributed by atoms with Crippen molar-refractivity contribution in [3.05, 3.63) is 35.9 Å². The van der Waals surface area contributed by atoms with Crippen molar-refractivity contribution in [1.29, 1.82) is 0 Å². The number of rotatable bonds is 4. The minimum Gasteiger partial charge on any atom is -0.481 e. The Morgan fingerprint density at radius 1 is 1.20 bits per heavy atom. The van der Waals surface area contributed by atoms with E-state index in [4.69, 9.17) is 5.11 Å². The molecule has 0 saturated carbocycles. The van der Waals surface area contributed by atoms with Crippen LogP contribution in [0.25, 0.3) is 0 Å². The molecule has 0 aromatic heterocycles. The van der Waals surface area contributed by atoms with E-state index in [-0.39, 0.29) is 6.42 Å². The zero-order chi connectivity index (χ0) is 10.9. The number of benzene rings is 1. The molecule has 0 spiro atoms. The predicted octanol–water partition coefficient (Wildman–Crippen LogP) is 2.68. The summed E-state index contributed by atoms with van der Waals surface area (Å²) in [6.07, 6.45) is 2.57. The van der Waals surface area contributed by atoms with E-state index < -0.39 is 5.97 Å². The highest BCUT2D eigenvalue weighted by Gasteiger charge is 1.94. The maximum atomic E-state index is 10.2. The molecule has 1 rings (SSSR count). The first-order chi connectivity index (χ1) is 7.29.